The van der Waals surface area contributed by atoms with Crippen LogP contribution in [0.4, 0.5) is 0 Å². The van der Waals surface area contributed by atoms with Crippen molar-refractivity contribution in [2.24, 2.45) is 0 Å². The number of carbonyl (C=O) groups is 1. The van der Waals surface area contributed by atoms with Crippen LogP contribution in [0.5, 0.6) is 5.95 Å². The quantitative estimate of drug-likeness (QED) is 0.905. The third kappa shape index (κ3) is 3.31. The number of carbonyl (C=O) groups excluding carboxylic acids is 1. The summed E-state index contributed by atoms with van der Waals surface area (Å²) < 4.78 is 10.1. The van der Waals surface area contributed by atoms with Crippen molar-refractivity contribution in [3.63, 3.8) is 0 Å². The summed E-state index contributed by atoms with van der Waals surface area (Å²) in [5.41, 5.74) is 2.19. The minimum Gasteiger partial charge on any atom is -0.467 e. The lowest BCUT2D eigenvalue weighted by Crippen LogP contribution is -2.23. The van der Waals surface area contributed by atoms with Gasteiger partial charge in [0, 0.05) is 17.0 Å². The number of oxazole rings is 1. The van der Waals surface area contributed by atoms with Crippen LogP contribution in [0.15, 0.2) is 22.7 Å². The standard InChI is InChI=1S/C13H15N3O3/c1-8-4-10(5-9(2)16-8)13(17)15-6-11-14-7-12(18-3)19-11/h4-5,7H,6H2,1-3H3,(H,15,17). The molecule has 1 amide bonds. The van der Waals surface area contributed by atoms with E-state index in [0.29, 0.717) is 17.4 Å². The van der Waals surface area contributed by atoms with Crippen molar-refractivity contribution in [3.8, 4) is 5.95 Å². The molecule has 6 heteroatoms. The molecule has 0 aliphatic carbocycles. The van der Waals surface area contributed by atoms with E-state index in [1.807, 2.05) is 13.8 Å². The topological polar surface area (TPSA) is 77.2 Å². The number of pyridine rings is 1. The number of nitrogens with one attached hydrogen (secondary N) is 1. The number of hydrogen-bond donors (Lipinski definition) is 1. The molecule has 2 heterocycles. The maximum atomic E-state index is 12.0. The molecule has 0 bridgehead atoms. The van der Waals surface area contributed by atoms with Crippen LogP contribution in [0.1, 0.15) is 27.6 Å². The number of aromatic nitrogens is 2. The number of aryl methyl sites for hydroxylation is 2. The van der Waals surface area contributed by atoms with Crippen molar-refractivity contribution in [1.82, 2.24) is 15.3 Å². The molecule has 0 aliphatic heterocycles. The van der Waals surface area contributed by atoms with Crippen molar-refractivity contribution in [2.75, 3.05) is 7.11 Å². The number of methoxy groups -OCH3 is 1. The fourth-order valence-corrected chi connectivity index (χ4v) is 1.69. The first-order valence-corrected chi connectivity index (χ1v) is 5.80. The summed E-state index contributed by atoms with van der Waals surface area (Å²) in [7, 11) is 1.49. The molecule has 0 radical (unpaired) electrons. The minimum absolute atomic E-state index is 0.189. The summed E-state index contributed by atoms with van der Waals surface area (Å²) in [5, 5.41) is 2.73. The van der Waals surface area contributed by atoms with Crippen LogP contribution in [-0.4, -0.2) is 23.0 Å². The molecule has 0 aromatic carbocycles. The number of hydrogen-bond acceptors (Lipinski definition) is 5. The van der Waals surface area contributed by atoms with Crippen LogP contribution in [0.2, 0.25) is 0 Å². The molecule has 0 saturated heterocycles. The Bertz CT molecular complexity index is 572. The van der Waals surface area contributed by atoms with Crippen LogP contribution in [0.25, 0.3) is 0 Å². The van der Waals surface area contributed by atoms with E-state index in [1.54, 1.807) is 12.1 Å². The summed E-state index contributed by atoms with van der Waals surface area (Å²) in [5.74, 6) is 0.526. The number of amides is 1. The van der Waals surface area contributed by atoms with Crippen LogP contribution in [0.3, 0.4) is 0 Å². The van der Waals surface area contributed by atoms with E-state index in [0.717, 1.165) is 11.4 Å². The predicted molar refractivity (Wildman–Crippen MR) is 67.9 cm³/mol. The molecule has 100 valence electrons. The molecule has 19 heavy (non-hydrogen) atoms. The van der Waals surface area contributed by atoms with Gasteiger partial charge in [-0.25, -0.2) is 4.98 Å². The molecule has 6 nitrogen and oxygen atoms in total. The Morgan fingerprint density at radius 1 is 1.37 bits per heavy atom. The predicted octanol–water partition coefficient (Wildman–Crippen LogP) is 1.63. The van der Waals surface area contributed by atoms with E-state index in [4.69, 9.17) is 9.15 Å². The summed E-state index contributed by atoms with van der Waals surface area (Å²) >= 11 is 0. The number of nitrogens with zero attached hydrogens (tertiary/aromatic N) is 2. The third-order valence-corrected chi connectivity index (χ3v) is 2.48. The zero-order valence-electron chi connectivity index (χ0n) is 11.1. The Morgan fingerprint density at radius 3 is 2.63 bits per heavy atom. The molecule has 0 fully saturated rings. The second kappa shape index (κ2) is 5.51. The zero-order chi connectivity index (χ0) is 13.8. The second-order valence-corrected chi connectivity index (χ2v) is 4.10. The highest BCUT2D eigenvalue weighted by atomic mass is 16.6. The highest BCUT2D eigenvalue weighted by Crippen LogP contribution is 2.11. The molecule has 1 N–H and O–H groups in total. The molecular weight excluding hydrogens is 246 g/mol. The van der Waals surface area contributed by atoms with Gasteiger partial charge in [0.25, 0.3) is 5.91 Å². The van der Waals surface area contributed by atoms with Crippen molar-refractivity contribution < 1.29 is 13.9 Å². The first kappa shape index (κ1) is 13.1. The van der Waals surface area contributed by atoms with E-state index < -0.39 is 0 Å². The lowest BCUT2D eigenvalue weighted by atomic mass is 10.2. The zero-order valence-corrected chi connectivity index (χ0v) is 11.1. The summed E-state index contributed by atoms with van der Waals surface area (Å²) in [6, 6.07) is 3.47. The average molecular weight is 261 g/mol. The first-order valence-electron chi connectivity index (χ1n) is 5.80. The highest BCUT2D eigenvalue weighted by molar-refractivity contribution is 5.94. The fraction of sp³-hybridized carbons (Fsp3) is 0.308. The molecule has 2 aromatic heterocycles. The summed E-state index contributed by atoms with van der Waals surface area (Å²) in [6.07, 6.45) is 1.46. The molecule has 0 saturated carbocycles. The van der Waals surface area contributed by atoms with E-state index in [-0.39, 0.29) is 12.5 Å². The molecule has 2 rings (SSSR count). The second-order valence-electron chi connectivity index (χ2n) is 4.10. The van der Waals surface area contributed by atoms with Gasteiger partial charge >= 0.3 is 5.95 Å². The van der Waals surface area contributed by atoms with Crippen LogP contribution in [0, 0.1) is 13.8 Å². The van der Waals surface area contributed by atoms with Crippen LogP contribution in [-0.2, 0) is 6.54 Å². The van der Waals surface area contributed by atoms with Gasteiger partial charge in [0.05, 0.1) is 13.7 Å². The number of ether oxygens (including phenoxy) is 1. The Hall–Kier alpha value is -2.37. The molecule has 0 spiro atoms. The van der Waals surface area contributed by atoms with Crippen molar-refractivity contribution in [1.29, 1.82) is 0 Å². The molecule has 2 aromatic rings. The van der Waals surface area contributed by atoms with Gasteiger partial charge in [0.2, 0.25) is 5.89 Å². The Balaban J connectivity index is 2.00. The maximum Gasteiger partial charge on any atom is 0.304 e. The van der Waals surface area contributed by atoms with Gasteiger partial charge in [0.1, 0.15) is 6.20 Å². The summed E-state index contributed by atoms with van der Waals surface area (Å²) in [4.78, 5) is 20.2. The highest BCUT2D eigenvalue weighted by Gasteiger charge is 2.09. The van der Waals surface area contributed by atoms with E-state index in [2.05, 4.69) is 15.3 Å². The first-order chi connectivity index (χ1) is 9.08. The Kier molecular flexibility index (Phi) is 3.79. The van der Waals surface area contributed by atoms with Crippen molar-refractivity contribution in [3.05, 3.63) is 41.2 Å². The van der Waals surface area contributed by atoms with E-state index >= 15 is 0 Å². The normalized spacial score (nSPS) is 10.3. The van der Waals surface area contributed by atoms with Crippen LogP contribution < -0.4 is 10.1 Å². The number of rotatable bonds is 4. The van der Waals surface area contributed by atoms with E-state index in [1.165, 1.54) is 13.3 Å². The largest absolute Gasteiger partial charge is 0.467 e. The molecular formula is C13H15N3O3. The van der Waals surface area contributed by atoms with Gasteiger partial charge in [-0.1, -0.05) is 0 Å². The van der Waals surface area contributed by atoms with Gasteiger partial charge in [0.15, 0.2) is 0 Å². The Morgan fingerprint density at radius 2 is 2.05 bits per heavy atom. The average Bonchev–Trinajstić information content (AvgIpc) is 2.82. The van der Waals surface area contributed by atoms with Gasteiger partial charge in [-0.3, -0.25) is 9.78 Å². The van der Waals surface area contributed by atoms with Crippen molar-refractivity contribution >= 4 is 5.91 Å². The van der Waals surface area contributed by atoms with E-state index in [9.17, 15) is 4.79 Å². The van der Waals surface area contributed by atoms with Gasteiger partial charge in [-0.15, -0.1) is 0 Å². The van der Waals surface area contributed by atoms with Crippen molar-refractivity contribution in [2.45, 2.75) is 20.4 Å². The minimum atomic E-state index is -0.189. The van der Waals surface area contributed by atoms with Gasteiger partial charge < -0.3 is 14.5 Å². The smallest absolute Gasteiger partial charge is 0.304 e. The SMILES string of the molecule is COc1cnc(CNC(=O)c2cc(C)nc(C)c2)o1. The lowest BCUT2D eigenvalue weighted by molar-refractivity contribution is 0.0946. The lowest BCUT2D eigenvalue weighted by Gasteiger charge is -2.04. The summed E-state index contributed by atoms with van der Waals surface area (Å²) in [6.45, 7) is 3.91. The monoisotopic (exact) mass is 261 g/mol. The van der Waals surface area contributed by atoms with Gasteiger partial charge in [-0.2, -0.15) is 0 Å². The maximum absolute atomic E-state index is 12.0. The molecule has 0 unspecified atom stereocenters. The third-order valence-electron chi connectivity index (χ3n) is 2.48. The Labute approximate surface area is 110 Å². The van der Waals surface area contributed by atoms with Gasteiger partial charge in [-0.05, 0) is 26.0 Å². The molecule has 0 atom stereocenters. The fourth-order valence-electron chi connectivity index (χ4n) is 1.69. The van der Waals surface area contributed by atoms with Crippen LogP contribution >= 0.6 is 0 Å². The molecule has 0 aliphatic rings.